The first kappa shape index (κ1) is 38.8. The van der Waals surface area contributed by atoms with Crippen LogP contribution in [0.4, 0.5) is 0 Å². The molecule has 0 aliphatic heterocycles. The molecule has 3 atom stereocenters. The minimum absolute atomic E-state index is 0.167. The van der Waals surface area contributed by atoms with Crippen molar-refractivity contribution < 1.29 is 20.1 Å². The molecule has 0 spiro atoms. The second kappa shape index (κ2) is 30.8. The fraction of sp³-hybridized carbons (Fsp3) is 0.857. The molecule has 3 unspecified atom stereocenters. The van der Waals surface area contributed by atoms with Gasteiger partial charge in [0.1, 0.15) is 6.10 Å². The van der Waals surface area contributed by atoms with E-state index in [0.717, 1.165) is 44.9 Å². The summed E-state index contributed by atoms with van der Waals surface area (Å²) >= 11 is 0. The minimum atomic E-state index is -1.16. The van der Waals surface area contributed by atoms with Crippen LogP contribution in [0.2, 0.25) is 0 Å². The van der Waals surface area contributed by atoms with Crippen LogP contribution in [0.3, 0.4) is 0 Å². The number of hydrogen-bond donors (Lipinski definition) is 4. The van der Waals surface area contributed by atoms with Crippen molar-refractivity contribution in [2.45, 2.75) is 186 Å². The van der Waals surface area contributed by atoms with Crippen molar-refractivity contribution in [2.75, 3.05) is 6.61 Å². The van der Waals surface area contributed by atoms with E-state index in [-0.39, 0.29) is 12.5 Å². The molecule has 5 nitrogen and oxygen atoms in total. The van der Waals surface area contributed by atoms with E-state index in [4.69, 9.17) is 0 Å². The van der Waals surface area contributed by atoms with Crippen LogP contribution in [0, 0.1) is 0 Å². The molecule has 0 aromatic carbocycles. The lowest BCUT2D eigenvalue weighted by Crippen LogP contribution is -2.50. The molecule has 0 rings (SSSR count). The molecule has 0 aromatic rings. The lowest BCUT2D eigenvalue weighted by atomic mass is 10.0. The van der Waals surface area contributed by atoms with E-state index in [1.165, 1.54) is 96.3 Å². The molecule has 0 aliphatic rings. The normalized spacial score (nSPS) is 14.2. The first-order valence-electron chi connectivity index (χ1n) is 17.1. The number of nitrogens with one attached hydrogen (secondary N) is 1. The monoisotopic (exact) mass is 566 g/mol. The summed E-state index contributed by atoms with van der Waals surface area (Å²) in [6.45, 7) is 4.11. The SMILES string of the molecule is CCCCC/C=C\CCCCCCCC(=O)NC(CO)C(O)C(O)CCC/C=C/CCCCCCCCCCC. The average molecular weight is 566 g/mol. The zero-order valence-corrected chi connectivity index (χ0v) is 26.5. The number of allylic oxidation sites excluding steroid dienone is 4. The third kappa shape index (κ3) is 25.8. The minimum Gasteiger partial charge on any atom is -0.394 e. The highest BCUT2D eigenvalue weighted by molar-refractivity contribution is 5.76. The van der Waals surface area contributed by atoms with Gasteiger partial charge in [-0.1, -0.05) is 122 Å². The number of amides is 1. The molecule has 0 saturated carbocycles. The molecule has 0 aliphatic carbocycles. The van der Waals surface area contributed by atoms with E-state index in [1.807, 2.05) is 0 Å². The fourth-order valence-electron chi connectivity index (χ4n) is 5.04. The number of unbranched alkanes of at least 4 members (excludes halogenated alkanes) is 18. The highest BCUT2D eigenvalue weighted by Gasteiger charge is 2.26. The Morgan fingerprint density at radius 2 is 1.00 bits per heavy atom. The van der Waals surface area contributed by atoms with Gasteiger partial charge in [-0.05, 0) is 64.2 Å². The Labute approximate surface area is 248 Å². The molecule has 40 heavy (non-hydrogen) atoms. The average Bonchev–Trinajstić information content (AvgIpc) is 2.96. The van der Waals surface area contributed by atoms with Gasteiger partial charge in [0.15, 0.2) is 0 Å². The number of rotatable bonds is 30. The van der Waals surface area contributed by atoms with Crippen molar-refractivity contribution in [3.05, 3.63) is 24.3 Å². The number of carbonyl (C=O) groups excluding carboxylic acids is 1. The molecule has 0 saturated heterocycles. The lowest BCUT2D eigenvalue weighted by molar-refractivity contribution is -0.124. The fourth-order valence-corrected chi connectivity index (χ4v) is 5.04. The van der Waals surface area contributed by atoms with Crippen LogP contribution in [0.25, 0.3) is 0 Å². The summed E-state index contributed by atoms with van der Waals surface area (Å²) < 4.78 is 0. The maximum absolute atomic E-state index is 12.3. The van der Waals surface area contributed by atoms with Gasteiger partial charge in [-0.15, -0.1) is 0 Å². The van der Waals surface area contributed by atoms with Gasteiger partial charge in [0, 0.05) is 6.42 Å². The molecule has 5 heteroatoms. The topological polar surface area (TPSA) is 89.8 Å². The van der Waals surface area contributed by atoms with Crippen LogP contribution in [0.1, 0.15) is 168 Å². The second-order valence-electron chi connectivity index (χ2n) is 11.7. The highest BCUT2D eigenvalue weighted by Crippen LogP contribution is 2.13. The van der Waals surface area contributed by atoms with Crippen LogP contribution in [-0.4, -0.2) is 46.1 Å². The molecule has 0 aromatic heterocycles. The van der Waals surface area contributed by atoms with Crippen molar-refractivity contribution in [3.63, 3.8) is 0 Å². The molecular weight excluding hydrogens is 498 g/mol. The number of aliphatic hydroxyl groups is 3. The van der Waals surface area contributed by atoms with Crippen LogP contribution >= 0.6 is 0 Å². The molecular formula is C35H67NO4. The van der Waals surface area contributed by atoms with Gasteiger partial charge in [0.2, 0.25) is 5.91 Å². The van der Waals surface area contributed by atoms with E-state index in [1.54, 1.807) is 0 Å². The zero-order valence-electron chi connectivity index (χ0n) is 26.5. The Balaban J connectivity index is 3.79. The van der Waals surface area contributed by atoms with Gasteiger partial charge in [0.25, 0.3) is 0 Å². The van der Waals surface area contributed by atoms with Crippen LogP contribution in [0.5, 0.6) is 0 Å². The van der Waals surface area contributed by atoms with E-state index in [0.29, 0.717) is 12.8 Å². The van der Waals surface area contributed by atoms with Gasteiger partial charge >= 0.3 is 0 Å². The Bertz CT molecular complexity index is 592. The first-order chi connectivity index (χ1) is 19.6. The molecule has 4 N–H and O–H groups in total. The van der Waals surface area contributed by atoms with Gasteiger partial charge in [-0.3, -0.25) is 4.79 Å². The third-order valence-corrected chi connectivity index (χ3v) is 7.78. The van der Waals surface area contributed by atoms with Gasteiger partial charge in [-0.2, -0.15) is 0 Å². The van der Waals surface area contributed by atoms with Crippen molar-refractivity contribution in [1.29, 1.82) is 0 Å². The maximum atomic E-state index is 12.3. The number of hydrogen-bond acceptors (Lipinski definition) is 4. The van der Waals surface area contributed by atoms with E-state index in [9.17, 15) is 20.1 Å². The van der Waals surface area contributed by atoms with Crippen molar-refractivity contribution in [1.82, 2.24) is 5.32 Å². The summed E-state index contributed by atoms with van der Waals surface area (Å²) in [7, 11) is 0. The summed E-state index contributed by atoms with van der Waals surface area (Å²) in [6, 6.07) is -0.825. The first-order valence-corrected chi connectivity index (χ1v) is 17.1. The maximum Gasteiger partial charge on any atom is 0.220 e. The molecule has 0 radical (unpaired) electrons. The lowest BCUT2D eigenvalue weighted by Gasteiger charge is -2.26. The Morgan fingerprint density at radius 1 is 0.600 bits per heavy atom. The Morgan fingerprint density at radius 3 is 1.50 bits per heavy atom. The summed E-state index contributed by atoms with van der Waals surface area (Å²) in [5.41, 5.74) is 0. The molecule has 0 heterocycles. The van der Waals surface area contributed by atoms with E-state index in [2.05, 4.69) is 43.5 Å². The quantitative estimate of drug-likeness (QED) is 0.0518. The third-order valence-electron chi connectivity index (χ3n) is 7.78. The Hall–Kier alpha value is -1.17. The highest BCUT2D eigenvalue weighted by atomic mass is 16.3. The summed E-state index contributed by atoms with van der Waals surface area (Å²) in [6.07, 6.45) is 34.1. The van der Waals surface area contributed by atoms with Crippen LogP contribution < -0.4 is 5.32 Å². The predicted octanol–water partition coefficient (Wildman–Crippen LogP) is 8.70. The summed E-state index contributed by atoms with van der Waals surface area (Å²) in [4.78, 5) is 12.3. The van der Waals surface area contributed by atoms with Crippen molar-refractivity contribution in [3.8, 4) is 0 Å². The van der Waals surface area contributed by atoms with E-state index >= 15 is 0 Å². The predicted molar refractivity (Wildman–Crippen MR) is 171 cm³/mol. The van der Waals surface area contributed by atoms with Crippen LogP contribution in [0.15, 0.2) is 24.3 Å². The molecule has 0 fully saturated rings. The van der Waals surface area contributed by atoms with Crippen molar-refractivity contribution in [2.24, 2.45) is 0 Å². The standard InChI is InChI=1S/C35H67NO4/c1-3-5-7-9-11-13-15-17-18-19-21-23-25-27-29-33(38)35(40)32(31-37)36-34(39)30-28-26-24-22-20-16-14-12-10-8-6-4-2/h12,14,21,23,32-33,35,37-38,40H,3-11,13,15-20,22,24-31H2,1-2H3,(H,36,39)/b14-12-,23-21+. The molecule has 0 bridgehead atoms. The number of aliphatic hydroxyl groups excluding tert-OH is 3. The smallest absolute Gasteiger partial charge is 0.220 e. The van der Waals surface area contributed by atoms with Crippen molar-refractivity contribution >= 4 is 5.91 Å². The van der Waals surface area contributed by atoms with E-state index < -0.39 is 18.2 Å². The molecule has 236 valence electrons. The van der Waals surface area contributed by atoms with Gasteiger partial charge in [0.05, 0.1) is 18.8 Å². The van der Waals surface area contributed by atoms with Gasteiger partial charge in [-0.25, -0.2) is 0 Å². The largest absolute Gasteiger partial charge is 0.394 e. The summed E-state index contributed by atoms with van der Waals surface area (Å²) in [5.74, 6) is -0.167. The summed E-state index contributed by atoms with van der Waals surface area (Å²) in [5, 5.41) is 33.2. The second-order valence-corrected chi connectivity index (χ2v) is 11.7. The zero-order chi connectivity index (χ0) is 29.5. The molecule has 1 amide bonds. The van der Waals surface area contributed by atoms with Crippen LogP contribution in [-0.2, 0) is 4.79 Å². The van der Waals surface area contributed by atoms with Gasteiger partial charge < -0.3 is 20.6 Å². The Kier molecular flexibility index (Phi) is 29.9. The number of carbonyl (C=O) groups is 1.